The summed E-state index contributed by atoms with van der Waals surface area (Å²) in [6, 6.07) is 21.3. The Balaban J connectivity index is 1.48. The molecule has 12 heteroatoms. The average molecular weight is 657 g/mol. The van der Waals surface area contributed by atoms with Gasteiger partial charge < -0.3 is 55.6 Å². The second kappa shape index (κ2) is 10.1. The van der Waals surface area contributed by atoms with Gasteiger partial charge in [0.1, 0.15) is 5.69 Å². The first-order valence-corrected chi connectivity index (χ1v) is 14.7. The van der Waals surface area contributed by atoms with Gasteiger partial charge in [-0.25, -0.2) is 0 Å². The van der Waals surface area contributed by atoms with Crippen LogP contribution in [0.15, 0.2) is 85.2 Å². The number of pyridine rings is 1. The number of phenols is 10. The Morgan fingerprint density at radius 2 is 0.837 bits per heavy atom. The standard InChI is InChI=1S/C37H24N2O10/c40-28-26(29(41)33(45)36(48)32(28)44)25-18-7-3-1-5-16(18)24(17-6-2-4-8-19(17)25)15-9-10-22-20(13-15)21-14-38-12-11-23(21)39(22)27-30(42)34(46)37(49)35(47)31(27)43/h1-14,40-49H. The molecular formula is C37H24N2O10. The molecular weight excluding hydrogens is 632 g/mol. The summed E-state index contributed by atoms with van der Waals surface area (Å²) in [5, 5.41) is 109. The van der Waals surface area contributed by atoms with Crippen molar-refractivity contribution in [1.29, 1.82) is 0 Å². The lowest BCUT2D eigenvalue weighted by Crippen LogP contribution is -1.96. The van der Waals surface area contributed by atoms with Gasteiger partial charge in [0.15, 0.2) is 23.0 Å². The minimum atomic E-state index is -1.08. The summed E-state index contributed by atoms with van der Waals surface area (Å²) in [4.78, 5) is 4.27. The minimum absolute atomic E-state index is 0.281. The maximum atomic E-state index is 11.0. The topological polar surface area (TPSA) is 220 Å². The minimum Gasteiger partial charge on any atom is -0.504 e. The van der Waals surface area contributed by atoms with Crippen LogP contribution < -0.4 is 0 Å². The normalized spacial score (nSPS) is 11.7. The number of rotatable bonds is 3. The van der Waals surface area contributed by atoms with Gasteiger partial charge in [0.25, 0.3) is 0 Å². The number of hydrogen-bond acceptors (Lipinski definition) is 11. The summed E-state index contributed by atoms with van der Waals surface area (Å²) in [6.45, 7) is 0. The van der Waals surface area contributed by atoms with E-state index in [9.17, 15) is 51.1 Å². The molecule has 0 aliphatic rings. The van der Waals surface area contributed by atoms with Crippen LogP contribution in [0.2, 0.25) is 0 Å². The second-order valence-electron chi connectivity index (χ2n) is 11.5. The van der Waals surface area contributed by atoms with E-state index in [1.165, 1.54) is 10.8 Å². The summed E-state index contributed by atoms with van der Waals surface area (Å²) in [6.07, 6.45) is 3.08. The molecule has 0 amide bonds. The third kappa shape index (κ3) is 3.82. The van der Waals surface area contributed by atoms with Crippen LogP contribution in [0.5, 0.6) is 57.5 Å². The van der Waals surface area contributed by atoms with Crippen LogP contribution >= 0.6 is 0 Å². The van der Waals surface area contributed by atoms with Gasteiger partial charge in [-0.2, -0.15) is 0 Å². The van der Waals surface area contributed by atoms with E-state index in [1.807, 2.05) is 18.2 Å². The van der Waals surface area contributed by atoms with Crippen molar-refractivity contribution in [2.75, 3.05) is 0 Å². The lowest BCUT2D eigenvalue weighted by molar-refractivity contribution is 0.327. The fraction of sp³-hybridized carbons (Fsp3) is 0. The van der Waals surface area contributed by atoms with Gasteiger partial charge in [0, 0.05) is 28.7 Å². The molecule has 2 aromatic heterocycles. The molecule has 10 N–H and O–H groups in total. The predicted octanol–water partition coefficient (Wildman–Crippen LogP) is 6.88. The highest BCUT2D eigenvalue weighted by Gasteiger charge is 2.29. The van der Waals surface area contributed by atoms with Crippen molar-refractivity contribution < 1.29 is 51.1 Å². The van der Waals surface area contributed by atoms with Crippen molar-refractivity contribution in [1.82, 2.24) is 9.55 Å². The first kappa shape index (κ1) is 29.2. The van der Waals surface area contributed by atoms with Gasteiger partial charge in [-0.15, -0.1) is 0 Å². The first-order valence-electron chi connectivity index (χ1n) is 14.7. The number of aromatic nitrogens is 2. The van der Waals surface area contributed by atoms with Crippen molar-refractivity contribution in [3.05, 3.63) is 85.2 Å². The summed E-state index contributed by atoms with van der Waals surface area (Å²) in [5.41, 5.74) is 1.96. The molecule has 8 rings (SSSR count). The zero-order chi connectivity index (χ0) is 34.5. The number of fused-ring (bicyclic) bond motifs is 5. The lowest BCUT2D eigenvalue weighted by atomic mass is 9.85. The Hall–Kier alpha value is -7.21. The van der Waals surface area contributed by atoms with Crippen molar-refractivity contribution >= 4 is 43.4 Å². The van der Waals surface area contributed by atoms with Gasteiger partial charge in [0.05, 0.1) is 16.6 Å². The zero-order valence-corrected chi connectivity index (χ0v) is 24.9. The van der Waals surface area contributed by atoms with Crippen LogP contribution in [0, 0.1) is 0 Å². The zero-order valence-electron chi connectivity index (χ0n) is 24.9. The quantitative estimate of drug-likeness (QED) is 0.0537. The Morgan fingerprint density at radius 1 is 0.388 bits per heavy atom. The Bertz CT molecular complexity index is 2620. The lowest BCUT2D eigenvalue weighted by Gasteiger charge is -2.20. The number of phenolic OH excluding ortho intramolecular Hbond substituents is 10. The summed E-state index contributed by atoms with van der Waals surface area (Å²) in [5.74, 6) is -9.54. The number of nitrogens with zero attached hydrogens (tertiary/aromatic N) is 2. The molecule has 0 atom stereocenters. The van der Waals surface area contributed by atoms with Gasteiger partial charge in [0.2, 0.25) is 34.5 Å². The van der Waals surface area contributed by atoms with Crippen LogP contribution in [0.3, 0.4) is 0 Å². The van der Waals surface area contributed by atoms with E-state index < -0.39 is 57.5 Å². The molecule has 0 spiro atoms. The summed E-state index contributed by atoms with van der Waals surface area (Å²) >= 11 is 0. The molecule has 0 fully saturated rings. The van der Waals surface area contributed by atoms with Crippen molar-refractivity contribution in [3.8, 4) is 85.4 Å². The molecule has 0 unspecified atom stereocenters. The second-order valence-corrected chi connectivity index (χ2v) is 11.5. The third-order valence-electron chi connectivity index (χ3n) is 8.98. The molecule has 0 bridgehead atoms. The van der Waals surface area contributed by atoms with E-state index in [2.05, 4.69) is 4.98 Å². The fourth-order valence-electron chi connectivity index (χ4n) is 6.78. The Labute approximate surface area is 274 Å². The molecule has 49 heavy (non-hydrogen) atoms. The fourth-order valence-corrected chi connectivity index (χ4v) is 6.78. The van der Waals surface area contributed by atoms with Gasteiger partial charge >= 0.3 is 0 Å². The molecule has 0 saturated heterocycles. The van der Waals surface area contributed by atoms with E-state index in [4.69, 9.17) is 0 Å². The molecule has 0 aliphatic heterocycles. The highest BCUT2D eigenvalue weighted by atomic mass is 16.4. The first-order chi connectivity index (χ1) is 23.5. The Kier molecular flexibility index (Phi) is 6.05. The largest absolute Gasteiger partial charge is 0.504 e. The van der Waals surface area contributed by atoms with Gasteiger partial charge in [-0.05, 0) is 50.9 Å². The maximum Gasteiger partial charge on any atom is 0.208 e. The van der Waals surface area contributed by atoms with E-state index in [1.54, 1.807) is 60.8 Å². The molecule has 0 radical (unpaired) electrons. The van der Waals surface area contributed by atoms with Crippen LogP contribution in [0.1, 0.15) is 0 Å². The van der Waals surface area contributed by atoms with E-state index >= 15 is 0 Å². The summed E-state index contributed by atoms with van der Waals surface area (Å²) in [7, 11) is 0. The SMILES string of the molecule is Oc1c(O)c(O)c(-c2c3ccccc3c(-c3ccc4c(c3)c3cnccc3n4-c3c(O)c(O)c(O)c(O)c3O)c3ccccc23)c(O)c1O. The highest BCUT2D eigenvalue weighted by Crippen LogP contribution is 2.58. The molecule has 242 valence electrons. The van der Waals surface area contributed by atoms with Crippen molar-refractivity contribution in [2.45, 2.75) is 0 Å². The molecule has 0 saturated carbocycles. The molecule has 8 aromatic rings. The average Bonchev–Trinajstić information content (AvgIpc) is 3.44. The number of benzene rings is 6. The number of aromatic hydroxyl groups is 10. The third-order valence-corrected chi connectivity index (χ3v) is 8.98. The van der Waals surface area contributed by atoms with Gasteiger partial charge in [-0.1, -0.05) is 54.6 Å². The van der Waals surface area contributed by atoms with Crippen LogP contribution in [0.25, 0.3) is 71.3 Å². The van der Waals surface area contributed by atoms with Crippen LogP contribution in [0.4, 0.5) is 0 Å². The van der Waals surface area contributed by atoms with Crippen molar-refractivity contribution in [2.24, 2.45) is 0 Å². The molecule has 12 nitrogen and oxygen atoms in total. The van der Waals surface area contributed by atoms with E-state index in [0.29, 0.717) is 48.9 Å². The number of hydrogen-bond donors (Lipinski definition) is 10. The van der Waals surface area contributed by atoms with Crippen molar-refractivity contribution in [3.63, 3.8) is 0 Å². The smallest absolute Gasteiger partial charge is 0.208 e. The van der Waals surface area contributed by atoms with Gasteiger partial charge in [-0.3, -0.25) is 4.98 Å². The van der Waals surface area contributed by atoms with E-state index in [0.717, 1.165) is 5.56 Å². The predicted molar refractivity (Wildman–Crippen MR) is 181 cm³/mol. The van der Waals surface area contributed by atoms with Crippen LogP contribution in [-0.2, 0) is 0 Å². The highest BCUT2D eigenvalue weighted by molar-refractivity contribution is 6.23. The monoisotopic (exact) mass is 656 g/mol. The Morgan fingerprint density at radius 3 is 1.37 bits per heavy atom. The molecule has 6 aromatic carbocycles. The molecule has 0 aliphatic carbocycles. The van der Waals surface area contributed by atoms with E-state index in [-0.39, 0.29) is 16.8 Å². The molecule has 2 heterocycles. The maximum absolute atomic E-state index is 11.0. The van der Waals surface area contributed by atoms with Crippen LogP contribution in [-0.4, -0.2) is 60.6 Å². The summed E-state index contributed by atoms with van der Waals surface area (Å²) < 4.78 is 1.42.